The summed E-state index contributed by atoms with van der Waals surface area (Å²) >= 11 is 0. The number of anilines is 1. The fraction of sp³-hybridized carbons (Fsp3) is 0.533. The van der Waals surface area contributed by atoms with Crippen molar-refractivity contribution in [2.24, 2.45) is 11.7 Å². The van der Waals surface area contributed by atoms with E-state index < -0.39 is 0 Å². The van der Waals surface area contributed by atoms with Crippen molar-refractivity contribution in [3.63, 3.8) is 0 Å². The lowest BCUT2D eigenvalue weighted by atomic mass is 10.0. The van der Waals surface area contributed by atoms with Crippen LogP contribution < -0.4 is 11.1 Å². The van der Waals surface area contributed by atoms with Crippen LogP contribution in [0.5, 0.6) is 0 Å². The van der Waals surface area contributed by atoms with Crippen LogP contribution in [0.4, 0.5) is 5.69 Å². The Kier molecular flexibility index (Phi) is 6.44. The van der Waals surface area contributed by atoms with Crippen LogP contribution in [-0.4, -0.2) is 12.5 Å². The highest BCUT2D eigenvalue weighted by Gasteiger charge is 2.06. The Morgan fingerprint density at radius 2 is 1.94 bits per heavy atom. The maximum atomic E-state index is 11.7. The first kappa shape index (κ1) is 14.7. The summed E-state index contributed by atoms with van der Waals surface area (Å²) < 4.78 is 0. The zero-order chi connectivity index (χ0) is 13.4. The van der Waals surface area contributed by atoms with Gasteiger partial charge in [0.1, 0.15) is 0 Å². The van der Waals surface area contributed by atoms with E-state index in [-0.39, 0.29) is 5.91 Å². The Morgan fingerprint density at radius 3 is 2.50 bits per heavy atom. The highest BCUT2D eigenvalue weighted by molar-refractivity contribution is 5.90. The minimum Gasteiger partial charge on any atom is -0.330 e. The van der Waals surface area contributed by atoms with Crippen molar-refractivity contribution in [2.75, 3.05) is 11.9 Å². The van der Waals surface area contributed by atoms with Crippen molar-refractivity contribution in [3.05, 3.63) is 29.8 Å². The summed E-state index contributed by atoms with van der Waals surface area (Å²) in [5.74, 6) is 0.603. The smallest absolute Gasteiger partial charge is 0.224 e. The third kappa shape index (κ3) is 5.32. The molecule has 1 aromatic carbocycles. The molecule has 0 spiro atoms. The third-order valence-corrected chi connectivity index (χ3v) is 3.17. The van der Waals surface area contributed by atoms with Gasteiger partial charge in [-0.15, -0.1) is 0 Å². The van der Waals surface area contributed by atoms with Gasteiger partial charge in [-0.3, -0.25) is 4.79 Å². The average Bonchev–Trinajstić information content (AvgIpc) is 2.38. The van der Waals surface area contributed by atoms with Crippen molar-refractivity contribution in [2.45, 2.75) is 39.5 Å². The van der Waals surface area contributed by atoms with Gasteiger partial charge in [0.15, 0.2) is 0 Å². The van der Waals surface area contributed by atoms with Crippen molar-refractivity contribution in [1.29, 1.82) is 0 Å². The Hall–Kier alpha value is -1.35. The predicted octanol–water partition coefficient (Wildman–Crippen LogP) is 2.95. The van der Waals surface area contributed by atoms with Crippen molar-refractivity contribution in [1.82, 2.24) is 0 Å². The van der Waals surface area contributed by atoms with Gasteiger partial charge >= 0.3 is 0 Å². The van der Waals surface area contributed by atoms with Crippen LogP contribution in [0.2, 0.25) is 0 Å². The normalized spacial score (nSPS) is 12.2. The molecule has 100 valence electrons. The second kappa shape index (κ2) is 7.88. The summed E-state index contributed by atoms with van der Waals surface area (Å²) in [6.45, 7) is 4.95. The summed E-state index contributed by atoms with van der Waals surface area (Å²) in [6.07, 6.45) is 3.47. The molecule has 0 aromatic heterocycles. The molecule has 0 radical (unpaired) electrons. The first-order chi connectivity index (χ1) is 8.65. The molecule has 3 heteroatoms. The molecule has 0 aliphatic carbocycles. The van der Waals surface area contributed by atoms with Gasteiger partial charge in [-0.05, 0) is 49.4 Å². The van der Waals surface area contributed by atoms with E-state index in [0.717, 1.165) is 24.9 Å². The van der Waals surface area contributed by atoms with Crippen molar-refractivity contribution < 1.29 is 4.79 Å². The van der Waals surface area contributed by atoms with Gasteiger partial charge in [0.05, 0.1) is 0 Å². The molecular weight excluding hydrogens is 224 g/mol. The van der Waals surface area contributed by atoms with E-state index in [1.807, 2.05) is 24.3 Å². The second-order valence-electron chi connectivity index (χ2n) is 4.82. The van der Waals surface area contributed by atoms with Crippen LogP contribution in [0.15, 0.2) is 24.3 Å². The van der Waals surface area contributed by atoms with Crippen molar-refractivity contribution in [3.8, 4) is 0 Å². The fourth-order valence-corrected chi connectivity index (χ4v) is 1.85. The monoisotopic (exact) mass is 248 g/mol. The van der Waals surface area contributed by atoms with Crippen LogP contribution in [0.3, 0.4) is 0 Å². The Labute approximate surface area is 110 Å². The number of benzene rings is 1. The Bertz CT molecular complexity index is 359. The number of nitrogens with one attached hydrogen (secondary N) is 1. The van der Waals surface area contributed by atoms with Crippen LogP contribution in [-0.2, 0) is 11.2 Å². The highest BCUT2D eigenvalue weighted by Crippen LogP contribution is 2.13. The predicted molar refractivity (Wildman–Crippen MR) is 76.5 cm³/mol. The number of carbonyl (C=O) groups excluding carboxylic acids is 1. The fourth-order valence-electron chi connectivity index (χ4n) is 1.85. The van der Waals surface area contributed by atoms with E-state index in [1.54, 1.807) is 0 Å². The minimum absolute atomic E-state index is 0.0862. The first-order valence-corrected chi connectivity index (χ1v) is 6.74. The van der Waals surface area contributed by atoms with Crippen LogP contribution >= 0.6 is 0 Å². The standard InChI is InChI=1S/C15H24N2O/c1-3-13-5-7-14(8-6-13)17-15(18)9-4-12(2)10-11-16/h5-8,12H,3-4,9-11,16H2,1-2H3,(H,17,18). The zero-order valence-corrected chi connectivity index (χ0v) is 11.4. The van der Waals surface area contributed by atoms with Gasteiger partial charge in [0.25, 0.3) is 0 Å². The molecule has 0 aliphatic rings. The second-order valence-corrected chi connectivity index (χ2v) is 4.82. The Morgan fingerprint density at radius 1 is 1.28 bits per heavy atom. The molecule has 3 N–H and O–H groups in total. The quantitative estimate of drug-likeness (QED) is 0.779. The lowest BCUT2D eigenvalue weighted by molar-refractivity contribution is -0.116. The molecule has 0 aliphatic heterocycles. The molecule has 0 bridgehead atoms. The summed E-state index contributed by atoms with van der Waals surface area (Å²) in [6, 6.07) is 8.01. The lowest BCUT2D eigenvalue weighted by Crippen LogP contribution is -2.14. The minimum atomic E-state index is 0.0862. The average molecular weight is 248 g/mol. The highest BCUT2D eigenvalue weighted by atomic mass is 16.1. The SMILES string of the molecule is CCc1ccc(NC(=O)CCC(C)CCN)cc1. The third-order valence-electron chi connectivity index (χ3n) is 3.17. The topological polar surface area (TPSA) is 55.1 Å². The molecule has 0 saturated carbocycles. The van der Waals surface area contributed by atoms with Gasteiger partial charge in [-0.2, -0.15) is 0 Å². The van der Waals surface area contributed by atoms with E-state index in [4.69, 9.17) is 5.73 Å². The summed E-state index contributed by atoms with van der Waals surface area (Å²) in [5.41, 5.74) is 7.65. The number of aryl methyl sites for hydroxylation is 1. The molecule has 18 heavy (non-hydrogen) atoms. The molecular formula is C15H24N2O. The van der Waals surface area contributed by atoms with Gasteiger partial charge < -0.3 is 11.1 Å². The number of hydrogen-bond donors (Lipinski definition) is 2. The molecule has 0 heterocycles. The summed E-state index contributed by atoms with van der Waals surface area (Å²) in [5, 5.41) is 2.92. The number of carbonyl (C=O) groups is 1. The number of amides is 1. The zero-order valence-electron chi connectivity index (χ0n) is 11.4. The molecule has 1 unspecified atom stereocenters. The van der Waals surface area contributed by atoms with E-state index in [9.17, 15) is 4.79 Å². The number of hydrogen-bond acceptors (Lipinski definition) is 2. The number of rotatable bonds is 7. The first-order valence-electron chi connectivity index (χ1n) is 6.74. The molecule has 0 fully saturated rings. The summed E-state index contributed by atoms with van der Waals surface area (Å²) in [7, 11) is 0. The molecule has 3 nitrogen and oxygen atoms in total. The van der Waals surface area contributed by atoms with Gasteiger partial charge in [-0.1, -0.05) is 26.0 Å². The van der Waals surface area contributed by atoms with Gasteiger partial charge in [-0.25, -0.2) is 0 Å². The van der Waals surface area contributed by atoms with E-state index in [1.165, 1.54) is 5.56 Å². The molecule has 1 atom stereocenters. The molecule has 1 aromatic rings. The Balaban J connectivity index is 2.35. The van der Waals surface area contributed by atoms with Crippen LogP contribution in [0.25, 0.3) is 0 Å². The number of nitrogens with two attached hydrogens (primary N) is 1. The van der Waals surface area contributed by atoms with E-state index >= 15 is 0 Å². The molecule has 1 rings (SSSR count). The van der Waals surface area contributed by atoms with E-state index in [2.05, 4.69) is 19.2 Å². The maximum Gasteiger partial charge on any atom is 0.224 e. The van der Waals surface area contributed by atoms with Gasteiger partial charge in [0.2, 0.25) is 5.91 Å². The lowest BCUT2D eigenvalue weighted by Gasteiger charge is -2.10. The van der Waals surface area contributed by atoms with Gasteiger partial charge in [0, 0.05) is 12.1 Å². The molecule has 0 saturated heterocycles. The van der Waals surface area contributed by atoms with Crippen molar-refractivity contribution >= 4 is 11.6 Å². The molecule has 1 amide bonds. The largest absolute Gasteiger partial charge is 0.330 e. The van der Waals surface area contributed by atoms with E-state index in [0.29, 0.717) is 18.9 Å². The van der Waals surface area contributed by atoms with Crippen LogP contribution in [0, 0.1) is 5.92 Å². The maximum absolute atomic E-state index is 11.7. The summed E-state index contributed by atoms with van der Waals surface area (Å²) in [4.78, 5) is 11.7. The van der Waals surface area contributed by atoms with Crippen LogP contribution in [0.1, 0.15) is 38.7 Å².